The smallest absolute Gasteiger partial charge is 0.336 e. The van der Waals surface area contributed by atoms with E-state index >= 15 is 0 Å². The lowest BCUT2D eigenvalue weighted by Crippen LogP contribution is -2.27. The predicted molar refractivity (Wildman–Crippen MR) is 100 cm³/mol. The molecule has 0 amide bonds. The van der Waals surface area contributed by atoms with Crippen molar-refractivity contribution >= 4 is 32.2 Å². The molecule has 10 nitrogen and oxygen atoms in total. The quantitative estimate of drug-likeness (QED) is 0.204. The van der Waals surface area contributed by atoms with Crippen LogP contribution in [-0.4, -0.2) is 65.7 Å². The van der Waals surface area contributed by atoms with Crippen molar-refractivity contribution in [3.8, 4) is 0 Å². The van der Waals surface area contributed by atoms with Crippen molar-refractivity contribution in [1.82, 2.24) is 0 Å². The normalized spacial score (nSPS) is 14.3. The first-order valence-electron chi connectivity index (χ1n) is 9.09. The van der Waals surface area contributed by atoms with E-state index in [-0.39, 0.29) is 37.6 Å². The molecule has 0 saturated carbocycles. The van der Waals surface area contributed by atoms with Gasteiger partial charge in [0, 0.05) is 0 Å². The van der Waals surface area contributed by atoms with Crippen LogP contribution in [0.2, 0.25) is 0 Å². The van der Waals surface area contributed by atoms with Gasteiger partial charge in [-0.25, -0.2) is 9.59 Å². The Balaban J connectivity index is 4.13. The van der Waals surface area contributed by atoms with Crippen LogP contribution in [0.25, 0.3) is 0 Å². The van der Waals surface area contributed by atoms with Crippen LogP contribution in [0.4, 0.5) is 0 Å². The minimum Gasteiger partial charge on any atom is -0.464 e. The molecule has 0 aromatic rings. The molecule has 0 N–H and O–H groups in total. The van der Waals surface area contributed by atoms with E-state index < -0.39 is 44.4 Å². The van der Waals surface area contributed by atoms with Crippen molar-refractivity contribution in [2.75, 3.05) is 24.7 Å². The van der Waals surface area contributed by atoms with E-state index in [0.717, 1.165) is 0 Å². The minimum atomic E-state index is -3.89. The van der Waals surface area contributed by atoms with Gasteiger partial charge < -0.3 is 9.47 Å². The lowest BCUT2D eigenvalue weighted by Gasteiger charge is -2.12. The fourth-order valence-electron chi connectivity index (χ4n) is 2.05. The molecule has 0 aliphatic rings. The number of hydrogen-bond acceptors (Lipinski definition) is 10. The van der Waals surface area contributed by atoms with Crippen LogP contribution in [0.3, 0.4) is 0 Å². The zero-order chi connectivity index (χ0) is 21.8. The fraction of sp³-hybridized carbons (Fsp3) is 0.875. The summed E-state index contributed by atoms with van der Waals surface area (Å²) in [5.41, 5.74) is 0. The summed E-state index contributed by atoms with van der Waals surface area (Å²) in [5, 5.41) is 0. The molecule has 0 aromatic heterocycles. The first kappa shape index (κ1) is 26.8. The van der Waals surface area contributed by atoms with Gasteiger partial charge >= 0.3 is 11.9 Å². The predicted octanol–water partition coefficient (Wildman–Crippen LogP) is 1.14. The molecule has 0 heterocycles. The van der Waals surface area contributed by atoms with E-state index in [0.29, 0.717) is 12.8 Å². The van der Waals surface area contributed by atoms with Crippen LogP contribution >= 0.6 is 0 Å². The molecular weight excluding hydrogens is 416 g/mol. The van der Waals surface area contributed by atoms with Gasteiger partial charge in [-0.15, -0.1) is 0 Å². The van der Waals surface area contributed by atoms with Gasteiger partial charge in [-0.3, -0.25) is 8.37 Å². The van der Waals surface area contributed by atoms with E-state index in [9.17, 15) is 26.4 Å². The molecule has 0 aliphatic carbocycles. The second kappa shape index (κ2) is 13.1. The second-order valence-electron chi connectivity index (χ2n) is 5.92. The summed E-state index contributed by atoms with van der Waals surface area (Å²) < 4.78 is 66.0. The van der Waals surface area contributed by atoms with Gasteiger partial charge in [-0.2, -0.15) is 16.8 Å². The van der Waals surface area contributed by atoms with Crippen LogP contribution in [0.15, 0.2) is 0 Å². The monoisotopic (exact) mass is 446 g/mol. The van der Waals surface area contributed by atoms with E-state index in [1.807, 2.05) is 0 Å². The molecule has 0 bridgehead atoms. The molecule has 0 saturated heterocycles. The average molecular weight is 447 g/mol. The van der Waals surface area contributed by atoms with Gasteiger partial charge in [-0.05, 0) is 40.5 Å². The molecule has 0 fully saturated rings. The zero-order valence-corrected chi connectivity index (χ0v) is 18.3. The summed E-state index contributed by atoms with van der Waals surface area (Å²) in [6, 6.07) is 0. The molecule has 166 valence electrons. The lowest BCUT2D eigenvalue weighted by molar-refractivity contribution is -0.151. The number of esters is 2. The molecule has 28 heavy (non-hydrogen) atoms. The third kappa shape index (κ3) is 12.3. The van der Waals surface area contributed by atoms with Crippen molar-refractivity contribution < 1.29 is 44.3 Å². The molecular formula is C16H30O10S2. The number of carbonyl (C=O) groups excluding carboxylic acids is 2. The molecule has 0 radical (unpaired) electrons. The Morgan fingerprint density at radius 1 is 0.679 bits per heavy atom. The molecule has 0 spiro atoms. The van der Waals surface area contributed by atoms with Crippen molar-refractivity contribution in [3.63, 3.8) is 0 Å². The maximum Gasteiger partial charge on any atom is 0.336 e. The topological polar surface area (TPSA) is 139 Å². The highest BCUT2D eigenvalue weighted by atomic mass is 32.2. The first-order chi connectivity index (χ1) is 12.9. The highest BCUT2D eigenvalue weighted by Gasteiger charge is 2.24. The van der Waals surface area contributed by atoms with E-state index in [1.54, 1.807) is 13.8 Å². The highest BCUT2D eigenvalue weighted by molar-refractivity contribution is 7.87. The largest absolute Gasteiger partial charge is 0.464 e. The van der Waals surface area contributed by atoms with Crippen LogP contribution in [0.1, 0.15) is 53.4 Å². The van der Waals surface area contributed by atoms with Gasteiger partial charge in [0.05, 0.1) is 24.7 Å². The van der Waals surface area contributed by atoms with Crippen LogP contribution in [0, 0.1) is 0 Å². The van der Waals surface area contributed by atoms with E-state index in [2.05, 4.69) is 9.47 Å². The van der Waals surface area contributed by atoms with Gasteiger partial charge in [-0.1, -0.05) is 12.8 Å². The summed E-state index contributed by atoms with van der Waals surface area (Å²) in [7, 11) is -7.77. The number of rotatable bonds is 15. The van der Waals surface area contributed by atoms with E-state index in [1.165, 1.54) is 13.8 Å². The van der Waals surface area contributed by atoms with Gasteiger partial charge in [0.25, 0.3) is 20.2 Å². The Morgan fingerprint density at radius 3 is 1.29 bits per heavy atom. The molecule has 0 aromatic carbocycles. The third-order valence-corrected chi connectivity index (χ3v) is 6.10. The number of ether oxygens (including phenoxy) is 2. The third-order valence-electron chi connectivity index (χ3n) is 3.36. The zero-order valence-electron chi connectivity index (χ0n) is 16.7. The maximum absolute atomic E-state index is 11.8. The number of hydrogen-bond donors (Lipinski definition) is 0. The molecule has 2 atom stereocenters. The van der Waals surface area contributed by atoms with Crippen molar-refractivity contribution in [1.29, 1.82) is 0 Å². The van der Waals surface area contributed by atoms with Crippen LogP contribution < -0.4 is 0 Å². The molecule has 12 heteroatoms. The van der Waals surface area contributed by atoms with Crippen molar-refractivity contribution in [2.24, 2.45) is 0 Å². The lowest BCUT2D eigenvalue weighted by atomic mass is 10.2. The highest BCUT2D eigenvalue weighted by Crippen LogP contribution is 2.10. The summed E-state index contributed by atoms with van der Waals surface area (Å²) >= 11 is 0. The summed E-state index contributed by atoms with van der Waals surface area (Å²) in [6.07, 6.45) is -1.04. The second-order valence-corrected chi connectivity index (χ2v) is 9.35. The molecule has 0 rings (SSSR count). The van der Waals surface area contributed by atoms with Crippen LogP contribution in [-0.2, 0) is 47.7 Å². The summed E-state index contributed by atoms with van der Waals surface area (Å²) in [6.45, 7) is 6.02. The first-order valence-corrected chi connectivity index (χ1v) is 12.2. The van der Waals surface area contributed by atoms with E-state index in [4.69, 9.17) is 8.37 Å². The van der Waals surface area contributed by atoms with Gasteiger partial charge in [0.2, 0.25) is 0 Å². The SMILES string of the molecule is CCOC(=O)C(C)OS(=O)(=O)CCCCCCS(=O)(=O)OC(C)C(=O)OCC. The summed E-state index contributed by atoms with van der Waals surface area (Å²) in [5.74, 6) is -2.10. The number of carbonyl (C=O) groups is 2. The fourth-order valence-corrected chi connectivity index (χ4v) is 4.39. The van der Waals surface area contributed by atoms with Gasteiger partial charge in [0.1, 0.15) is 0 Å². The minimum absolute atomic E-state index is 0.123. The van der Waals surface area contributed by atoms with Crippen LogP contribution in [0.5, 0.6) is 0 Å². The maximum atomic E-state index is 11.8. The van der Waals surface area contributed by atoms with Gasteiger partial charge in [0.15, 0.2) is 12.2 Å². The Hall–Kier alpha value is -1.24. The van der Waals surface area contributed by atoms with Crippen molar-refractivity contribution in [3.05, 3.63) is 0 Å². The Labute approximate surface area is 167 Å². The van der Waals surface area contributed by atoms with Crippen molar-refractivity contribution in [2.45, 2.75) is 65.6 Å². The average Bonchev–Trinajstić information content (AvgIpc) is 2.57. The molecule has 0 aliphatic heterocycles. The summed E-state index contributed by atoms with van der Waals surface area (Å²) in [4.78, 5) is 22.8. The Kier molecular flexibility index (Phi) is 12.5. The standard InChI is InChI=1S/C16H30O10S2/c1-5-23-15(17)13(3)25-27(19,20)11-9-7-8-10-12-28(21,22)26-14(4)16(18)24-6-2/h13-14H,5-12H2,1-4H3. The Morgan fingerprint density at radius 2 is 1.00 bits per heavy atom. The number of unbranched alkanes of at least 4 members (excludes halogenated alkanes) is 3. The molecule has 2 unspecified atom stereocenters. The Bertz CT molecular complexity index is 624.